The van der Waals surface area contributed by atoms with E-state index in [4.69, 9.17) is 0 Å². The van der Waals surface area contributed by atoms with Crippen LogP contribution in [0, 0.1) is 11.8 Å². The average molecular weight is 771 g/mol. The van der Waals surface area contributed by atoms with Crippen molar-refractivity contribution in [1.82, 2.24) is 41.7 Å². The molecule has 2 unspecified atom stereocenters. The van der Waals surface area contributed by atoms with Crippen molar-refractivity contribution in [1.29, 1.82) is 0 Å². The lowest BCUT2D eigenvalue weighted by molar-refractivity contribution is -0.141. The van der Waals surface area contributed by atoms with Crippen LogP contribution in [0.5, 0.6) is 0 Å². The van der Waals surface area contributed by atoms with Crippen molar-refractivity contribution >= 4 is 35.4 Å². The molecule has 0 radical (unpaired) electrons. The predicted octanol–water partition coefficient (Wildman–Crippen LogP) is 1.69. The first-order valence-electron chi connectivity index (χ1n) is 19.6. The van der Waals surface area contributed by atoms with Crippen LogP contribution < -0.4 is 31.9 Å². The fourth-order valence-corrected chi connectivity index (χ4v) is 6.88. The summed E-state index contributed by atoms with van der Waals surface area (Å²) in [7, 11) is 3.27. The number of nitrogens with one attached hydrogen (secondary N) is 6. The van der Waals surface area contributed by atoms with Crippen molar-refractivity contribution in [2.75, 3.05) is 27.2 Å². The maximum Gasteiger partial charge on any atom is 0.246 e. The molecule has 2 aliphatic rings. The van der Waals surface area contributed by atoms with Crippen LogP contribution in [-0.2, 0) is 28.8 Å². The maximum atomic E-state index is 14.1. The second-order valence-electron chi connectivity index (χ2n) is 14.6. The number of likely N-dealkylation sites (N-methyl/N-ethyl adjacent to an activating group) is 2. The molecule has 8 atom stereocenters. The van der Waals surface area contributed by atoms with Crippen molar-refractivity contribution < 1.29 is 28.8 Å². The van der Waals surface area contributed by atoms with Gasteiger partial charge in [0.25, 0.3) is 0 Å². The van der Waals surface area contributed by atoms with Gasteiger partial charge in [0, 0.05) is 25.9 Å². The summed E-state index contributed by atoms with van der Waals surface area (Å²) >= 11 is 0. The lowest BCUT2D eigenvalue weighted by Gasteiger charge is -2.30. The SMILES string of the molecule is CN[C@@H](C)C(=O)N[C@@H](CC#CC[C@H](NC(=O)[C@H](C)NC)C(=O)N1CCC[C@H]1C(=O)NC(C)c1ccccc1)C(=O)N1CCC[C@H]1C(=O)NC(C)c1ccccc1. The monoisotopic (exact) mass is 770 g/mol. The topological polar surface area (TPSA) is 181 Å². The first kappa shape index (κ1) is 43.5. The Morgan fingerprint density at radius 2 is 0.946 bits per heavy atom. The van der Waals surface area contributed by atoms with Crippen LogP contribution >= 0.6 is 0 Å². The van der Waals surface area contributed by atoms with Crippen molar-refractivity contribution in [2.24, 2.45) is 0 Å². The molecule has 2 aromatic rings. The van der Waals surface area contributed by atoms with E-state index in [1.165, 1.54) is 9.80 Å². The van der Waals surface area contributed by atoms with Gasteiger partial charge in [0.05, 0.1) is 24.2 Å². The minimum atomic E-state index is -1.07. The van der Waals surface area contributed by atoms with Crippen LogP contribution in [0.15, 0.2) is 60.7 Å². The molecule has 6 N–H and O–H groups in total. The summed E-state index contributed by atoms with van der Waals surface area (Å²) in [6, 6.07) is 13.8. The van der Waals surface area contributed by atoms with Crippen molar-refractivity contribution in [3.63, 3.8) is 0 Å². The summed E-state index contributed by atoms with van der Waals surface area (Å²) in [6.07, 6.45) is 2.01. The van der Waals surface area contributed by atoms with Crippen molar-refractivity contribution in [3.05, 3.63) is 71.8 Å². The number of hydrogen-bond acceptors (Lipinski definition) is 8. The number of likely N-dealkylation sites (tertiary alicyclic amines) is 2. The Morgan fingerprint density at radius 1 is 0.589 bits per heavy atom. The van der Waals surface area contributed by atoms with E-state index in [-0.39, 0.29) is 36.7 Å². The molecule has 56 heavy (non-hydrogen) atoms. The molecule has 2 aliphatic heterocycles. The number of carbonyl (C=O) groups excluding carboxylic acids is 6. The Labute approximate surface area is 330 Å². The van der Waals surface area contributed by atoms with Crippen molar-refractivity contribution in [3.8, 4) is 11.8 Å². The Kier molecular flexibility index (Phi) is 16.4. The molecule has 2 heterocycles. The van der Waals surface area contributed by atoms with Gasteiger partial charge in [-0.05, 0) is 78.6 Å². The van der Waals surface area contributed by atoms with Crippen molar-refractivity contribution in [2.45, 2.75) is 115 Å². The van der Waals surface area contributed by atoms with Crippen LogP contribution in [0.25, 0.3) is 0 Å². The number of carbonyl (C=O) groups is 6. The lowest BCUT2D eigenvalue weighted by atomic mass is 10.1. The summed E-state index contributed by atoms with van der Waals surface area (Å²) in [4.78, 5) is 84.2. The van der Waals surface area contributed by atoms with E-state index in [2.05, 4.69) is 43.7 Å². The summed E-state index contributed by atoms with van der Waals surface area (Å²) in [5, 5.41) is 17.4. The highest BCUT2D eigenvalue weighted by Gasteiger charge is 2.40. The Morgan fingerprint density at radius 3 is 1.29 bits per heavy atom. The molecular formula is C42H58N8O6. The molecular weight excluding hydrogens is 713 g/mol. The van der Waals surface area contributed by atoms with Gasteiger partial charge in [0.1, 0.15) is 24.2 Å². The van der Waals surface area contributed by atoms with E-state index < -0.39 is 59.9 Å². The second kappa shape index (κ2) is 21.2. The normalized spacial score (nSPS) is 19.6. The maximum absolute atomic E-state index is 14.1. The number of rotatable bonds is 16. The van der Waals surface area contributed by atoms with E-state index in [0.717, 1.165) is 11.1 Å². The highest BCUT2D eigenvalue weighted by atomic mass is 16.2. The molecule has 6 amide bonds. The summed E-state index contributed by atoms with van der Waals surface area (Å²) in [6.45, 7) is 7.80. The van der Waals surface area contributed by atoms with E-state index in [9.17, 15) is 28.8 Å². The Hall–Kier alpha value is -5.26. The van der Waals surface area contributed by atoms with Crippen LogP contribution in [0.4, 0.5) is 0 Å². The Bertz CT molecular complexity index is 1610. The zero-order valence-electron chi connectivity index (χ0n) is 33.4. The van der Waals surface area contributed by atoms with Gasteiger partial charge >= 0.3 is 0 Å². The standard InChI is InChI=1S/C42H58N8O6/c1-27(31-17-9-7-10-18-31)45-39(53)35-23-15-25-49(35)41(55)33(47-37(51)29(3)43-5)21-13-14-22-34(48-38(52)30(4)44-6)42(56)50-26-16-24-36(50)40(54)46-28(2)32-19-11-8-12-20-32/h7-12,17-20,27-30,33-36,43-44H,15-16,21-26H2,1-6H3,(H,45,53)(H,46,54)(H,47,51)(H,48,52)/t27?,28?,29-,30-,33-,34-,35-,36-/m0/s1. The highest BCUT2D eigenvalue weighted by molar-refractivity contribution is 5.95. The van der Waals surface area contributed by atoms with E-state index in [0.29, 0.717) is 38.8 Å². The second-order valence-corrected chi connectivity index (χ2v) is 14.6. The predicted molar refractivity (Wildman–Crippen MR) is 213 cm³/mol. The number of benzene rings is 2. The minimum absolute atomic E-state index is 0.0971. The fourth-order valence-electron chi connectivity index (χ4n) is 6.88. The van der Waals surface area contributed by atoms with Crippen LogP contribution in [-0.4, -0.2) is 109 Å². The lowest BCUT2D eigenvalue weighted by Crippen LogP contribution is -2.55. The zero-order chi connectivity index (χ0) is 40.8. The fraction of sp³-hybridized carbons (Fsp3) is 0.524. The van der Waals surface area contributed by atoms with Gasteiger partial charge in [-0.2, -0.15) is 0 Å². The molecule has 14 heteroatoms. The first-order chi connectivity index (χ1) is 26.9. The third-order valence-corrected chi connectivity index (χ3v) is 10.6. The third-order valence-electron chi connectivity index (χ3n) is 10.6. The molecule has 0 aromatic heterocycles. The van der Waals surface area contributed by atoms with Gasteiger partial charge in [0.15, 0.2) is 0 Å². The van der Waals surface area contributed by atoms with E-state index in [1.54, 1.807) is 27.9 Å². The first-order valence-corrected chi connectivity index (χ1v) is 19.6. The van der Waals surface area contributed by atoms with Gasteiger partial charge in [0.2, 0.25) is 35.4 Å². The van der Waals surface area contributed by atoms with Gasteiger partial charge in [-0.3, -0.25) is 28.8 Å². The molecule has 2 fully saturated rings. The molecule has 4 rings (SSSR count). The molecule has 2 saturated heterocycles. The quantitative estimate of drug-likeness (QED) is 0.140. The third kappa shape index (κ3) is 11.6. The Balaban J connectivity index is 1.49. The van der Waals surface area contributed by atoms with Gasteiger partial charge < -0.3 is 41.7 Å². The molecule has 14 nitrogen and oxygen atoms in total. The summed E-state index contributed by atoms with van der Waals surface area (Å²) in [5.41, 5.74) is 1.88. The smallest absolute Gasteiger partial charge is 0.246 e. The minimum Gasteiger partial charge on any atom is -0.348 e. The van der Waals surface area contributed by atoms with Crippen LogP contribution in [0.1, 0.15) is 89.4 Å². The molecule has 0 aliphatic carbocycles. The van der Waals surface area contributed by atoms with Gasteiger partial charge in [-0.1, -0.05) is 60.7 Å². The van der Waals surface area contributed by atoms with Gasteiger partial charge in [-0.25, -0.2) is 0 Å². The highest BCUT2D eigenvalue weighted by Crippen LogP contribution is 2.23. The summed E-state index contributed by atoms with van der Waals surface area (Å²) in [5.74, 6) is 3.71. The van der Waals surface area contributed by atoms with Gasteiger partial charge in [-0.15, -0.1) is 11.8 Å². The molecule has 0 bridgehead atoms. The number of hydrogen-bond donors (Lipinski definition) is 6. The molecule has 0 spiro atoms. The van der Waals surface area contributed by atoms with Crippen LogP contribution in [0.3, 0.4) is 0 Å². The number of amides is 6. The summed E-state index contributed by atoms with van der Waals surface area (Å²) < 4.78 is 0. The molecule has 302 valence electrons. The largest absolute Gasteiger partial charge is 0.348 e. The number of nitrogens with zero attached hydrogens (tertiary/aromatic N) is 2. The van der Waals surface area contributed by atoms with E-state index >= 15 is 0 Å². The zero-order valence-corrected chi connectivity index (χ0v) is 33.4. The molecule has 2 aromatic carbocycles. The average Bonchev–Trinajstić information content (AvgIpc) is 3.92. The van der Waals surface area contributed by atoms with E-state index in [1.807, 2.05) is 74.5 Å². The van der Waals surface area contributed by atoms with Crippen LogP contribution in [0.2, 0.25) is 0 Å². The molecule has 0 saturated carbocycles.